The number of hydrogen-bond donors (Lipinski definition) is 1. The Morgan fingerprint density at radius 3 is 2.46 bits per heavy atom. The first-order valence-electron chi connectivity index (χ1n) is 10.2. The summed E-state index contributed by atoms with van der Waals surface area (Å²) >= 11 is 0. The number of hydrogen-bond acceptors (Lipinski definition) is 2. The Labute approximate surface area is 167 Å². The molecule has 1 amide bonds. The lowest BCUT2D eigenvalue weighted by atomic mass is 10.0. The molecule has 0 spiro atoms. The number of fused-ring (bicyclic) bond motifs is 1. The minimum Gasteiger partial charge on any atom is -0.354 e. The molecule has 1 saturated heterocycles. The van der Waals surface area contributed by atoms with Crippen molar-refractivity contribution in [3.8, 4) is 0 Å². The third kappa shape index (κ3) is 4.26. The Kier molecular flexibility index (Phi) is 5.73. The quantitative estimate of drug-likeness (QED) is 0.683. The summed E-state index contributed by atoms with van der Waals surface area (Å²) in [5, 5.41) is 5.55. The molecule has 1 atom stereocenters. The Hall–Kier alpha value is -2.65. The molecule has 0 radical (unpaired) electrons. The molecule has 0 unspecified atom stereocenters. The lowest BCUT2D eigenvalue weighted by Crippen LogP contribution is -2.37. The van der Waals surface area contributed by atoms with Crippen molar-refractivity contribution in [3.63, 3.8) is 0 Å². The summed E-state index contributed by atoms with van der Waals surface area (Å²) in [6.07, 6.45) is 2.90. The predicted octanol–water partition coefficient (Wildman–Crippen LogP) is 4.64. The van der Waals surface area contributed by atoms with E-state index in [-0.39, 0.29) is 11.9 Å². The zero-order valence-electron chi connectivity index (χ0n) is 16.5. The van der Waals surface area contributed by atoms with Crippen molar-refractivity contribution >= 4 is 16.7 Å². The number of amides is 1. The van der Waals surface area contributed by atoms with E-state index in [2.05, 4.69) is 65.7 Å². The SMILES string of the molecule is Cc1ccc([C@@H](CNC(=O)Cc2cccc3ccccc23)N2CCCC2)cc1. The minimum atomic E-state index is 0.0904. The van der Waals surface area contributed by atoms with E-state index in [1.165, 1.54) is 29.4 Å². The molecule has 4 rings (SSSR count). The zero-order valence-corrected chi connectivity index (χ0v) is 16.5. The number of benzene rings is 3. The van der Waals surface area contributed by atoms with E-state index in [1.807, 2.05) is 18.2 Å². The molecule has 144 valence electrons. The number of nitrogens with zero attached hydrogens (tertiary/aromatic N) is 1. The molecule has 1 N–H and O–H groups in total. The molecule has 3 heteroatoms. The molecule has 0 aliphatic carbocycles. The van der Waals surface area contributed by atoms with Crippen molar-refractivity contribution in [1.82, 2.24) is 10.2 Å². The fraction of sp³-hybridized carbons (Fsp3) is 0.320. The molecular formula is C25H28N2O. The van der Waals surface area contributed by atoms with Crippen molar-refractivity contribution in [2.24, 2.45) is 0 Å². The summed E-state index contributed by atoms with van der Waals surface area (Å²) < 4.78 is 0. The van der Waals surface area contributed by atoms with Crippen molar-refractivity contribution in [3.05, 3.63) is 83.4 Å². The van der Waals surface area contributed by atoms with Crippen LogP contribution in [0, 0.1) is 6.92 Å². The Morgan fingerprint density at radius 2 is 1.68 bits per heavy atom. The van der Waals surface area contributed by atoms with Crippen LogP contribution in [-0.2, 0) is 11.2 Å². The van der Waals surface area contributed by atoms with E-state index in [1.54, 1.807) is 0 Å². The average molecular weight is 373 g/mol. The molecule has 0 aromatic heterocycles. The molecule has 1 aliphatic heterocycles. The van der Waals surface area contributed by atoms with E-state index in [0.717, 1.165) is 24.0 Å². The zero-order chi connectivity index (χ0) is 19.3. The van der Waals surface area contributed by atoms with Gasteiger partial charge in [-0.1, -0.05) is 72.3 Å². The normalized spacial score (nSPS) is 15.6. The van der Waals surface area contributed by atoms with Crippen LogP contribution in [0.2, 0.25) is 0 Å². The summed E-state index contributed by atoms with van der Waals surface area (Å²) in [7, 11) is 0. The molecule has 0 bridgehead atoms. The summed E-state index contributed by atoms with van der Waals surface area (Å²) in [4.78, 5) is 15.2. The maximum Gasteiger partial charge on any atom is 0.224 e. The van der Waals surface area contributed by atoms with Crippen LogP contribution in [0.5, 0.6) is 0 Å². The second kappa shape index (κ2) is 8.57. The summed E-state index contributed by atoms with van der Waals surface area (Å²) in [5.74, 6) is 0.0904. The van der Waals surface area contributed by atoms with E-state index in [0.29, 0.717) is 13.0 Å². The van der Waals surface area contributed by atoms with Gasteiger partial charge in [-0.05, 0) is 54.8 Å². The predicted molar refractivity (Wildman–Crippen MR) is 115 cm³/mol. The third-order valence-electron chi connectivity index (χ3n) is 5.77. The highest BCUT2D eigenvalue weighted by atomic mass is 16.1. The van der Waals surface area contributed by atoms with E-state index in [4.69, 9.17) is 0 Å². The summed E-state index contributed by atoms with van der Waals surface area (Å²) in [5.41, 5.74) is 3.64. The molecule has 3 aromatic rings. The van der Waals surface area contributed by atoms with Crippen LogP contribution in [0.3, 0.4) is 0 Å². The van der Waals surface area contributed by atoms with Crippen LogP contribution in [0.15, 0.2) is 66.7 Å². The molecular weight excluding hydrogens is 344 g/mol. The highest BCUT2D eigenvalue weighted by Crippen LogP contribution is 2.25. The van der Waals surface area contributed by atoms with Gasteiger partial charge in [-0.2, -0.15) is 0 Å². The van der Waals surface area contributed by atoms with Gasteiger partial charge in [-0.15, -0.1) is 0 Å². The van der Waals surface area contributed by atoms with Crippen LogP contribution < -0.4 is 5.32 Å². The maximum atomic E-state index is 12.7. The van der Waals surface area contributed by atoms with Gasteiger partial charge in [-0.3, -0.25) is 9.69 Å². The molecule has 28 heavy (non-hydrogen) atoms. The number of carbonyl (C=O) groups is 1. The van der Waals surface area contributed by atoms with Gasteiger partial charge in [0, 0.05) is 6.54 Å². The molecule has 3 nitrogen and oxygen atoms in total. The average Bonchev–Trinajstić information content (AvgIpc) is 3.24. The topological polar surface area (TPSA) is 32.3 Å². The standard InChI is InChI=1S/C25H28N2O/c1-19-11-13-21(14-12-19)24(27-15-4-5-16-27)18-26-25(28)17-22-9-6-8-20-7-2-3-10-23(20)22/h2-3,6-14,24H,4-5,15-18H2,1H3,(H,26,28)/t24-/m1/s1. The maximum absolute atomic E-state index is 12.7. The smallest absolute Gasteiger partial charge is 0.224 e. The van der Waals surface area contributed by atoms with Gasteiger partial charge in [0.05, 0.1) is 12.5 Å². The number of rotatable bonds is 6. The first kappa shape index (κ1) is 18.7. The Balaban J connectivity index is 1.45. The molecule has 1 aliphatic rings. The fourth-order valence-corrected chi connectivity index (χ4v) is 4.19. The highest BCUT2D eigenvalue weighted by molar-refractivity contribution is 5.90. The van der Waals surface area contributed by atoms with Gasteiger partial charge in [0.15, 0.2) is 0 Å². The first-order valence-corrected chi connectivity index (χ1v) is 10.2. The van der Waals surface area contributed by atoms with Crippen molar-refractivity contribution < 1.29 is 4.79 Å². The molecule has 1 heterocycles. The second-order valence-corrected chi connectivity index (χ2v) is 7.79. The lowest BCUT2D eigenvalue weighted by molar-refractivity contribution is -0.120. The Morgan fingerprint density at radius 1 is 0.964 bits per heavy atom. The largest absolute Gasteiger partial charge is 0.354 e. The van der Waals surface area contributed by atoms with E-state index >= 15 is 0 Å². The second-order valence-electron chi connectivity index (χ2n) is 7.79. The molecule has 1 fully saturated rings. The summed E-state index contributed by atoms with van der Waals surface area (Å²) in [6.45, 7) is 4.99. The van der Waals surface area contributed by atoms with Crippen LogP contribution in [0.1, 0.15) is 35.6 Å². The number of likely N-dealkylation sites (tertiary alicyclic amines) is 1. The first-order chi connectivity index (χ1) is 13.7. The van der Waals surface area contributed by atoms with E-state index < -0.39 is 0 Å². The highest BCUT2D eigenvalue weighted by Gasteiger charge is 2.24. The van der Waals surface area contributed by atoms with Gasteiger partial charge in [-0.25, -0.2) is 0 Å². The molecule has 3 aromatic carbocycles. The monoisotopic (exact) mass is 372 g/mol. The van der Waals surface area contributed by atoms with Gasteiger partial charge < -0.3 is 5.32 Å². The van der Waals surface area contributed by atoms with Crippen LogP contribution >= 0.6 is 0 Å². The van der Waals surface area contributed by atoms with Crippen LogP contribution in [-0.4, -0.2) is 30.4 Å². The van der Waals surface area contributed by atoms with Crippen molar-refractivity contribution in [2.75, 3.05) is 19.6 Å². The third-order valence-corrected chi connectivity index (χ3v) is 5.77. The fourth-order valence-electron chi connectivity index (χ4n) is 4.19. The lowest BCUT2D eigenvalue weighted by Gasteiger charge is -2.28. The minimum absolute atomic E-state index is 0.0904. The number of nitrogens with one attached hydrogen (secondary N) is 1. The van der Waals surface area contributed by atoms with E-state index in [9.17, 15) is 4.79 Å². The van der Waals surface area contributed by atoms with Gasteiger partial charge in [0.2, 0.25) is 5.91 Å². The van der Waals surface area contributed by atoms with Gasteiger partial charge in [0.1, 0.15) is 0 Å². The Bertz CT molecular complexity index is 937. The van der Waals surface area contributed by atoms with Crippen molar-refractivity contribution in [2.45, 2.75) is 32.2 Å². The van der Waals surface area contributed by atoms with Gasteiger partial charge in [0.25, 0.3) is 0 Å². The van der Waals surface area contributed by atoms with Crippen molar-refractivity contribution in [1.29, 1.82) is 0 Å². The number of carbonyl (C=O) groups excluding carboxylic acids is 1. The van der Waals surface area contributed by atoms with Gasteiger partial charge >= 0.3 is 0 Å². The number of aryl methyl sites for hydroxylation is 1. The summed E-state index contributed by atoms with van der Waals surface area (Å²) in [6, 6.07) is 23.4. The van der Waals surface area contributed by atoms with Crippen LogP contribution in [0.4, 0.5) is 0 Å². The van der Waals surface area contributed by atoms with Crippen LogP contribution in [0.25, 0.3) is 10.8 Å². The molecule has 0 saturated carbocycles.